The van der Waals surface area contributed by atoms with E-state index in [9.17, 15) is 0 Å². The van der Waals surface area contributed by atoms with Crippen molar-refractivity contribution >= 4 is 16.9 Å². The van der Waals surface area contributed by atoms with E-state index in [1.165, 1.54) is 0 Å². The van der Waals surface area contributed by atoms with Gasteiger partial charge in [-0.3, -0.25) is 4.98 Å². The third-order valence-corrected chi connectivity index (χ3v) is 2.87. The average molecular weight is 252 g/mol. The van der Waals surface area contributed by atoms with Crippen LogP contribution in [0.15, 0.2) is 42.9 Å². The molecule has 0 atom stereocenters. The molecule has 0 radical (unpaired) electrons. The molecule has 0 fully saturated rings. The maximum absolute atomic E-state index is 5.69. The highest BCUT2D eigenvalue weighted by Gasteiger charge is 2.11. The lowest BCUT2D eigenvalue weighted by atomic mass is 10.1. The molecule has 2 heterocycles. The first kappa shape index (κ1) is 11.4. The highest BCUT2D eigenvalue weighted by molar-refractivity contribution is 5.95. The highest BCUT2D eigenvalue weighted by Crippen LogP contribution is 2.31. The molecule has 0 aliphatic carbocycles. The predicted octanol–water partition coefficient (Wildman–Crippen LogP) is 2.28. The second-order valence-electron chi connectivity index (χ2n) is 4.05. The van der Waals surface area contributed by atoms with Gasteiger partial charge in [-0.2, -0.15) is 0 Å². The quantitative estimate of drug-likeness (QED) is 0.757. The number of hydrogen-bond donors (Lipinski definition) is 1. The number of anilines is 1. The fourth-order valence-electron chi connectivity index (χ4n) is 2.01. The molecule has 0 bridgehead atoms. The van der Waals surface area contributed by atoms with Crippen molar-refractivity contribution in [3.05, 3.63) is 42.9 Å². The van der Waals surface area contributed by atoms with Crippen LogP contribution in [0.1, 0.15) is 0 Å². The summed E-state index contributed by atoms with van der Waals surface area (Å²) in [5, 5.41) is 0. The molecule has 0 unspecified atom stereocenters. The van der Waals surface area contributed by atoms with Crippen molar-refractivity contribution in [2.45, 2.75) is 0 Å². The smallest absolute Gasteiger partial charge is 0.146 e. The molecule has 0 amide bonds. The maximum atomic E-state index is 5.69. The van der Waals surface area contributed by atoms with E-state index in [4.69, 9.17) is 10.5 Å². The van der Waals surface area contributed by atoms with Gasteiger partial charge in [0.1, 0.15) is 22.6 Å². The Hall–Kier alpha value is -2.69. The first-order chi connectivity index (χ1) is 9.29. The number of nitrogen functional groups attached to an aromatic ring is 1. The summed E-state index contributed by atoms with van der Waals surface area (Å²) < 4.78 is 5.30. The van der Waals surface area contributed by atoms with Crippen molar-refractivity contribution in [1.29, 1.82) is 0 Å². The van der Waals surface area contributed by atoms with Crippen LogP contribution in [0.5, 0.6) is 5.75 Å². The summed E-state index contributed by atoms with van der Waals surface area (Å²) in [5.74, 6) is 1.02. The number of nitrogens with two attached hydrogens (primary N) is 1. The predicted molar refractivity (Wildman–Crippen MR) is 73.7 cm³/mol. The summed E-state index contributed by atoms with van der Waals surface area (Å²) in [4.78, 5) is 12.8. The van der Waals surface area contributed by atoms with Gasteiger partial charge in [-0.15, -0.1) is 0 Å². The first-order valence-electron chi connectivity index (χ1n) is 5.79. The van der Waals surface area contributed by atoms with Crippen LogP contribution in [0.2, 0.25) is 0 Å². The molecule has 3 rings (SSSR count). The first-order valence-corrected chi connectivity index (χ1v) is 5.79. The van der Waals surface area contributed by atoms with Crippen molar-refractivity contribution < 1.29 is 4.74 Å². The van der Waals surface area contributed by atoms with Crippen LogP contribution >= 0.6 is 0 Å². The summed E-state index contributed by atoms with van der Waals surface area (Å²) in [6, 6.07) is 7.67. The fourth-order valence-corrected chi connectivity index (χ4v) is 2.01. The summed E-state index contributed by atoms with van der Waals surface area (Å²) in [7, 11) is 1.60. The van der Waals surface area contributed by atoms with Gasteiger partial charge in [0.05, 0.1) is 13.3 Å². The van der Waals surface area contributed by atoms with Gasteiger partial charge in [0, 0.05) is 23.5 Å². The minimum atomic E-state index is 0.370. The van der Waals surface area contributed by atoms with Gasteiger partial charge in [0.25, 0.3) is 0 Å². The number of ether oxygens (including phenoxy) is 1. The second-order valence-corrected chi connectivity index (χ2v) is 4.05. The lowest BCUT2D eigenvalue weighted by molar-refractivity contribution is 0.419. The number of pyridine rings is 1. The van der Waals surface area contributed by atoms with E-state index < -0.39 is 0 Å². The second kappa shape index (κ2) is 4.53. The Morgan fingerprint density at radius 2 is 2.00 bits per heavy atom. The average Bonchev–Trinajstić information content (AvgIpc) is 2.47. The van der Waals surface area contributed by atoms with Crippen molar-refractivity contribution in [2.75, 3.05) is 12.8 Å². The zero-order valence-electron chi connectivity index (χ0n) is 10.4. The lowest BCUT2D eigenvalue weighted by Gasteiger charge is -2.09. The Kier molecular flexibility index (Phi) is 2.72. The number of nitrogens with zero attached hydrogens (tertiary/aromatic N) is 3. The van der Waals surface area contributed by atoms with Crippen molar-refractivity contribution in [3.63, 3.8) is 0 Å². The molecule has 2 aromatic heterocycles. The van der Waals surface area contributed by atoms with Gasteiger partial charge in [0.15, 0.2) is 0 Å². The summed E-state index contributed by atoms with van der Waals surface area (Å²) in [6.45, 7) is 0. The Bertz CT molecular complexity index is 728. The number of rotatable bonds is 2. The van der Waals surface area contributed by atoms with Gasteiger partial charge < -0.3 is 10.5 Å². The molecule has 5 nitrogen and oxygen atoms in total. The molecular formula is C14H12N4O. The van der Waals surface area contributed by atoms with Gasteiger partial charge in [-0.05, 0) is 18.2 Å². The number of fused-ring (bicyclic) bond motifs is 1. The van der Waals surface area contributed by atoms with Crippen molar-refractivity contribution in [1.82, 2.24) is 15.0 Å². The molecule has 0 aliphatic rings. The van der Waals surface area contributed by atoms with Crippen LogP contribution in [0.4, 0.5) is 5.82 Å². The van der Waals surface area contributed by atoms with E-state index in [-0.39, 0.29) is 0 Å². The van der Waals surface area contributed by atoms with E-state index in [0.717, 1.165) is 16.6 Å². The summed E-state index contributed by atoms with van der Waals surface area (Å²) in [6.07, 6.45) is 5.07. The van der Waals surface area contributed by atoms with Crippen molar-refractivity contribution in [3.8, 4) is 16.9 Å². The molecule has 0 aliphatic heterocycles. The van der Waals surface area contributed by atoms with E-state index in [1.54, 1.807) is 25.7 Å². The van der Waals surface area contributed by atoms with Crippen LogP contribution < -0.4 is 10.5 Å². The Labute approximate surface area is 110 Å². The van der Waals surface area contributed by atoms with E-state index in [0.29, 0.717) is 17.1 Å². The fraction of sp³-hybridized carbons (Fsp3) is 0.0714. The SMILES string of the molecule is COc1ccc(-c2cccnc2)c2ncc(N)nc12. The van der Waals surface area contributed by atoms with Crippen LogP contribution in [-0.2, 0) is 0 Å². The number of aromatic nitrogens is 3. The molecular weight excluding hydrogens is 240 g/mol. The maximum Gasteiger partial charge on any atom is 0.146 e. The molecule has 94 valence electrons. The number of benzene rings is 1. The molecule has 0 saturated carbocycles. The Morgan fingerprint density at radius 1 is 1.11 bits per heavy atom. The molecule has 1 aromatic carbocycles. The van der Waals surface area contributed by atoms with Gasteiger partial charge in [-0.25, -0.2) is 9.97 Å². The Morgan fingerprint density at radius 3 is 2.74 bits per heavy atom. The van der Waals surface area contributed by atoms with Gasteiger partial charge in [0.2, 0.25) is 0 Å². The van der Waals surface area contributed by atoms with Crippen LogP contribution in [0.25, 0.3) is 22.2 Å². The summed E-state index contributed by atoms with van der Waals surface area (Å²) in [5.41, 5.74) is 9.04. The third-order valence-electron chi connectivity index (χ3n) is 2.87. The van der Waals surface area contributed by atoms with Gasteiger partial charge in [-0.1, -0.05) is 6.07 Å². The molecule has 0 saturated heterocycles. The zero-order chi connectivity index (χ0) is 13.2. The number of methoxy groups -OCH3 is 1. The molecule has 3 aromatic rings. The zero-order valence-corrected chi connectivity index (χ0v) is 10.4. The minimum Gasteiger partial charge on any atom is -0.494 e. The summed E-state index contributed by atoms with van der Waals surface area (Å²) >= 11 is 0. The van der Waals surface area contributed by atoms with Crippen molar-refractivity contribution in [2.24, 2.45) is 0 Å². The van der Waals surface area contributed by atoms with Crippen LogP contribution in [0.3, 0.4) is 0 Å². The Balaban J connectivity index is 2.33. The highest BCUT2D eigenvalue weighted by atomic mass is 16.5. The lowest BCUT2D eigenvalue weighted by Crippen LogP contribution is -1.96. The minimum absolute atomic E-state index is 0.370. The number of hydrogen-bond acceptors (Lipinski definition) is 5. The normalized spacial score (nSPS) is 10.6. The largest absolute Gasteiger partial charge is 0.494 e. The van der Waals surface area contributed by atoms with Gasteiger partial charge >= 0.3 is 0 Å². The molecule has 5 heteroatoms. The molecule has 0 spiro atoms. The monoisotopic (exact) mass is 252 g/mol. The topological polar surface area (TPSA) is 73.9 Å². The van der Waals surface area contributed by atoms with E-state index >= 15 is 0 Å². The molecule has 19 heavy (non-hydrogen) atoms. The van der Waals surface area contributed by atoms with E-state index in [1.807, 2.05) is 24.3 Å². The van der Waals surface area contributed by atoms with Crippen LogP contribution in [-0.4, -0.2) is 22.1 Å². The third kappa shape index (κ3) is 1.95. The van der Waals surface area contributed by atoms with E-state index in [2.05, 4.69) is 15.0 Å². The van der Waals surface area contributed by atoms with Crippen LogP contribution in [0, 0.1) is 0 Å². The molecule has 2 N–H and O–H groups in total. The standard InChI is InChI=1S/C14H12N4O/c1-19-11-5-4-10(9-3-2-6-16-7-9)13-14(11)18-12(15)8-17-13/h2-8H,1H3,(H2,15,18).